The summed E-state index contributed by atoms with van der Waals surface area (Å²) in [5, 5.41) is 18.5. The number of carbonyl (C=O) groups excluding carboxylic acids is 1. The Labute approximate surface area is 115 Å². The van der Waals surface area contributed by atoms with E-state index >= 15 is 0 Å². The van der Waals surface area contributed by atoms with Gasteiger partial charge in [-0.2, -0.15) is 0 Å². The van der Waals surface area contributed by atoms with E-state index in [4.69, 9.17) is 5.11 Å². The van der Waals surface area contributed by atoms with Gasteiger partial charge < -0.3 is 10.2 Å². The SMILES string of the molecule is CC1=C(C#C/C(C)=C/CCO)C(C)(C)CC(O)C1=O. The van der Waals surface area contributed by atoms with Crippen LogP contribution < -0.4 is 0 Å². The predicted molar refractivity (Wildman–Crippen MR) is 75.3 cm³/mol. The van der Waals surface area contributed by atoms with Crippen molar-refractivity contribution in [3.8, 4) is 11.8 Å². The third-order valence-corrected chi connectivity index (χ3v) is 3.39. The van der Waals surface area contributed by atoms with Gasteiger partial charge >= 0.3 is 0 Å². The Morgan fingerprint density at radius 2 is 2.16 bits per heavy atom. The molecule has 0 aromatic carbocycles. The van der Waals surface area contributed by atoms with E-state index in [1.165, 1.54) is 0 Å². The minimum Gasteiger partial charge on any atom is -0.396 e. The molecular formula is C16H22O3. The lowest BCUT2D eigenvalue weighted by molar-refractivity contribution is -0.125. The molecule has 1 atom stereocenters. The highest BCUT2D eigenvalue weighted by Gasteiger charge is 2.37. The molecule has 1 aliphatic carbocycles. The molecule has 1 unspecified atom stereocenters. The normalized spacial score (nSPS) is 23.2. The molecule has 0 saturated carbocycles. The van der Waals surface area contributed by atoms with Crippen LogP contribution in [0.25, 0.3) is 0 Å². The fraction of sp³-hybridized carbons (Fsp3) is 0.562. The number of ketones is 1. The largest absolute Gasteiger partial charge is 0.396 e. The lowest BCUT2D eigenvalue weighted by Gasteiger charge is -2.33. The molecule has 2 N–H and O–H groups in total. The molecule has 0 aromatic heterocycles. The maximum absolute atomic E-state index is 11.8. The van der Waals surface area contributed by atoms with Crippen LogP contribution in [0.5, 0.6) is 0 Å². The highest BCUT2D eigenvalue weighted by atomic mass is 16.3. The summed E-state index contributed by atoms with van der Waals surface area (Å²) in [6.45, 7) is 7.69. The van der Waals surface area contributed by atoms with E-state index in [2.05, 4.69) is 11.8 Å². The molecule has 3 heteroatoms. The average molecular weight is 262 g/mol. The summed E-state index contributed by atoms with van der Waals surface area (Å²) in [6.07, 6.45) is 1.95. The van der Waals surface area contributed by atoms with Crippen LogP contribution in [0.15, 0.2) is 22.8 Å². The van der Waals surface area contributed by atoms with Crippen molar-refractivity contribution in [1.82, 2.24) is 0 Å². The number of hydrogen-bond donors (Lipinski definition) is 2. The van der Waals surface area contributed by atoms with Crippen LogP contribution in [0, 0.1) is 17.3 Å². The highest BCUT2D eigenvalue weighted by molar-refractivity contribution is 6.00. The molecule has 0 saturated heterocycles. The maximum Gasteiger partial charge on any atom is 0.187 e. The lowest BCUT2D eigenvalue weighted by Crippen LogP contribution is -2.35. The summed E-state index contributed by atoms with van der Waals surface area (Å²) in [6, 6.07) is 0. The topological polar surface area (TPSA) is 57.5 Å². The van der Waals surface area contributed by atoms with Crippen LogP contribution in [0.2, 0.25) is 0 Å². The first-order valence-corrected chi connectivity index (χ1v) is 6.53. The van der Waals surface area contributed by atoms with E-state index in [0.717, 1.165) is 11.1 Å². The van der Waals surface area contributed by atoms with Crippen LogP contribution in [0.3, 0.4) is 0 Å². The Morgan fingerprint density at radius 1 is 1.53 bits per heavy atom. The minimum atomic E-state index is -0.911. The van der Waals surface area contributed by atoms with E-state index < -0.39 is 6.10 Å². The van der Waals surface area contributed by atoms with Gasteiger partial charge in [-0.25, -0.2) is 0 Å². The fourth-order valence-electron chi connectivity index (χ4n) is 2.31. The van der Waals surface area contributed by atoms with Crippen LogP contribution in [0.4, 0.5) is 0 Å². The van der Waals surface area contributed by atoms with Crippen molar-refractivity contribution >= 4 is 5.78 Å². The van der Waals surface area contributed by atoms with Crippen molar-refractivity contribution < 1.29 is 15.0 Å². The van der Waals surface area contributed by atoms with Gasteiger partial charge in [-0.15, -0.1) is 0 Å². The fourth-order valence-corrected chi connectivity index (χ4v) is 2.31. The van der Waals surface area contributed by atoms with Gasteiger partial charge in [-0.1, -0.05) is 31.8 Å². The second-order valence-corrected chi connectivity index (χ2v) is 5.62. The molecule has 0 bridgehead atoms. The summed E-state index contributed by atoms with van der Waals surface area (Å²) < 4.78 is 0. The zero-order valence-corrected chi connectivity index (χ0v) is 12.1. The molecule has 0 aromatic rings. The van der Waals surface area contributed by atoms with Gasteiger partial charge in [0, 0.05) is 23.2 Å². The zero-order valence-electron chi connectivity index (χ0n) is 12.1. The number of aliphatic hydroxyl groups excluding tert-OH is 2. The van der Waals surface area contributed by atoms with E-state index in [1.807, 2.05) is 26.8 Å². The maximum atomic E-state index is 11.8. The molecule has 0 amide bonds. The summed E-state index contributed by atoms with van der Waals surface area (Å²) in [7, 11) is 0. The standard InChI is InChI=1S/C16H22O3/c1-11(6-5-9-17)7-8-13-12(2)15(19)14(18)10-16(13,3)4/h6,14,17-18H,5,9-10H2,1-4H3/b11-6+. The second kappa shape index (κ2) is 6.18. The van der Waals surface area contributed by atoms with Gasteiger partial charge in [0.2, 0.25) is 0 Å². The van der Waals surface area contributed by atoms with Crippen LogP contribution >= 0.6 is 0 Å². The summed E-state index contributed by atoms with van der Waals surface area (Å²) in [5.41, 5.74) is 1.95. The van der Waals surface area contributed by atoms with Crippen molar-refractivity contribution in [2.45, 2.75) is 46.6 Å². The van der Waals surface area contributed by atoms with Gasteiger partial charge in [0.15, 0.2) is 5.78 Å². The summed E-state index contributed by atoms with van der Waals surface area (Å²) in [4.78, 5) is 11.8. The molecule has 0 spiro atoms. The van der Waals surface area contributed by atoms with Gasteiger partial charge in [-0.05, 0) is 32.3 Å². The van der Waals surface area contributed by atoms with Gasteiger partial charge in [0.25, 0.3) is 0 Å². The second-order valence-electron chi connectivity index (χ2n) is 5.62. The van der Waals surface area contributed by atoms with Gasteiger partial charge in [0.05, 0.1) is 0 Å². The molecule has 0 radical (unpaired) electrons. The zero-order chi connectivity index (χ0) is 14.6. The Hall–Kier alpha value is -1.37. The molecular weight excluding hydrogens is 240 g/mol. The van der Waals surface area contributed by atoms with Crippen molar-refractivity contribution in [2.24, 2.45) is 5.41 Å². The molecule has 1 aliphatic rings. The molecule has 104 valence electrons. The Balaban J connectivity index is 3.10. The number of rotatable bonds is 2. The first-order valence-electron chi connectivity index (χ1n) is 6.53. The number of Topliss-reactive ketones (excluding diaryl/α,β-unsaturated/α-hetero) is 1. The van der Waals surface area contributed by atoms with Crippen molar-refractivity contribution in [1.29, 1.82) is 0 Å². The third kappa shape index (κ3) is 3.79. The van der Waals surface area contributed by atoms with E-state index in [9.17, 15) is 9.90 Å². The van der Waals surface area contributed by atoms with E-state index in [1.54, 1.807) is 6.92 Å². The Bertz CT molecular complexity index is 484. The molecule has 0 fully saturated rings. The van der Waals surface area contributed by atoms with Crippen molar-refractivity contribution in [3.63, 3.8) is 0 Å². The summed E-state index contributed by atoms with van der Waals surface area (Å²) >= 11 is 0. The third-order valence-electron chi connectivity index (χ3n) is 3.39. The number of hydrogen-bond acceptors (Lipinski definition) is 3. The predicted octanol–water partition coefficient (Wildman–Crippen LogP) is 1.99. The Kier molecular flexibility index (Phi) is 5.11. The van der Waals surface area contributed by atoms with E-state index in [0.29, 0.717) is 18.4 Å². The smallest absolute Gasteiger partial charge is 0.187 e. The quantitative estimate of drug-likeness (QED) is 0.748. The van der Waals surface area contributed by atoms with Crippen molar-refractivity contribution in [3.05, 3.63) is 22.8 Å². The monoisotopic (exact) mass is 262 g/mol. The molecule has 1 rings (SSSR count). The lowest BCUT2D eigenvalue weighted by atomic mass is 9.71. The van der Waals surface area contributed by atoms with Crippen LogP contribution in [0.1, 0.15) is 40.5 Å². The number of aliphatic hydroxyl groups is 2. The molecule has 0 aliphatic heterocycles. The molecule has 19 heavy (non-hydrogen) atoms. The number of carbonyl (C=O) groups is 1. The van der Waals surface area contributed by atoms with E-state index in [-0.39, 0.29) is 17.8 Å². The van der Waals surface area contributed by atoms with Crippen molar-refractivity contribution in [2.75, 3.05) is 6.61 Å². The highest BCUT2D eigenvalue weighted by Crippen LogP contribution is 2.38. The van der Waals surface area contributed by atoms with Crippen LogP contribution in [-0.4, -0.2) is 28.7 Å². The Morgan fingerprint density at radius 3 is 2.74 bits per heavy atom. The molecule has 0 heterocycles. The van der Waals surface area contributed by atoms with Gasteiger partial charge in [-0.3, -0.25) is 4.79 Å². The minimum absolute atomic E-state index is 0.108. The molecule has 3 nitrogen and oxygen atoms in total. The van der Waals surface area contributed by atoms with Crippen LogP contribution in [-0.2, 0) is 4.79 Å². The first kappa shape index (κ1) is 15.7. The first-order chi connectivity index (χ1) is 8.79. The average Bonchev–Trinajstić information content (AvgIpc) is 2.32. The summed E-state index contributed by atoms with van der Waals surface area (Å²) in [5.74, 6) is 5.86. The number of allylic oxidation sites excluding steroid dienone is 2. The van der Waals surface area contributed by atoms with Gasteiger partial charge in [0.1, 0.15) is 6.10 Å².